The van der Waals surface area contributed by atoms with Crippen LogP contribution in [0.4, 0.5) is 5.69 Å². The second-order valence-corrected chi connectivity index (χ2v) is 9.05. The highest BCUT2D eigenvalue weighted by Crippen LogP contribution is 2.40. The predicted molar refractivity (Wildman–Crippen MR) is 122 cm³/mol. The predicted octanol–water partition coefficient (Wildman–Crippen LogP) is 5.89. The van der Waals surface area contributed by atoms with Gasteiger partial charge in [0.1, 0.15) is 5.75 Å². The van der Waals surface area contributed by atoms with Gasteiger partial charge in [0, 0.05) is 10.4 Å². The SMILES string of the molecule is Cc1nc(-c2ccc3c(c2)N(Cc2cccc4ccccc24)C(=O)C(C)O3)c(C)s1. The zero-order chi connectivity index (χ0) is 20.8. The molecule has 0 N–H and O–H groups in total. The van der Waals surface area contributed by atoms with Crippen molar-refractivity contribution in [1.29, 1.82) is 0 Å². The molecule has 0 saturated carbocycles. The lowest BCUT2D eigenvalue weighted by atomic mass is 10.0. The highest BCUT2D eigenvalue weighted by Gasteiger charge is 2.32. The Bertz CT molecular complexity index is 1270. The molecule has 1 aromatic heterocycles. The summed E-state index contributed by atoms with van der Waals surface area (Å²) in [5.41, 5.74) is 3.89. The molecule has 0 radical (unpaired) electrons. The van der Waals surface area contributed by atoms with Crippen LogP contribution in [0.15, 0.2) is 60.7 Å². The molecule has 4 aromatic rings. The maximum Gasteiger partial charge on any atom is 0.268 e. The minimum absolute atomic E-state index is 0.0289. The third-order valence-electron chi connectivity index (χ3n) is 5.55. The summed E-state index contributed by atoms with van der Waals surface area (Å²) >= 11 is 1.68. The molecule has 1 unspecified atom stereocenters. The van der Waals surface area contributed by atoms with Gasteiger partial charge in [0.2, 0.25) is 0 Å². The maximum atomic E-state index is 13.1. The summed E-state index contributed by atoms with van der Waals surface area (Å²) in [5, 5.41) is 3.37. The Morgan fingerprint density at radius 2 is 1.87 bits per heavy atom. The normalized spacial score (nSPS) is 15.9. The van der Waals surface area contributed by atoms with Crippen LogP contribution in [-0.4, -0.2) is 17.0 Å². The van der Waals surface area contributed by atoms with Gasteiger partial charge >= 0.3 is 0 Å². The van der Waals surface area contributed by atoms with Gasteiger partial charge in [-0.25, -0.2) is 4.98 Å². The van der Waals surface area contributed by atoms with Gasteiger partial charge in [0.05, 0.1) is 22.9 Å². The fourth-order valence-electron chi connectivity index (χ4n) is 4.11. The van der Waals surface area contributed by atoms with E-state index in [0.717, 1.165) is 38.7 Å². The summed E-state index contributed by atoms with van der Waals surface area (Å²) in [7, 11) is 0. The zero-order valence-electron chi connectivity index (χ0n) is 17.2. The molecule has 1 aliphatic rings. The van der Waals surface area contributed by atoms with E-state index >= 15 is 0 Å². The van der Waals surface area contributed by atoms with Crippen LogP contribution in [-0.2, 0) is 11.3 Å². The second-order valence-electron chi connectivity index (χ2n) is 7.64. The molecule has 3 aromatic carbocycles. The Labute approximate surface area is 179 Å². The number of fused-ring (bicyclic) bond motifs is 2. The topological polar surface area (TPSA) is 42.4 Å². The van der Waals surface area contributed by atoms with Crippen LogP contribution in [0.1, 0.15) is 22.4 Å². The van der Waals surface area contributed by atoms with E-state index in [-0.39, 0.29) is 5.91 Å². The Morgan fingerprint density at radius 1 is 1.07 bits per heavy atom. The van der Waals surface area contributed by atoms with E-state index in [1.54, 1.807) is 11.3 Å². The molecule has 5 rings (SSSR count). The fraction of sp³-hybridized carbons (Fsp3) is 0.200. The van der Waals surface area contributed by atoms with Crippen LogP contribution in [0, 0.1) is 13.8 Å². The molecule has 1 amide bonds. The number of benzene rings is 3. The van der Waals surface area contributed by atoms with Crippen molar-refractivity contribution in [3.8, 4) is 17.0 Å². The molecule has 150 valence electrons. The van der Waals surface area contributed by atoms with Gasteiger partial charge in [-0.05, 0) is 55.3 Å². The summed E-state index contributed by atoms with van der Waals surface area (Å²) in [4.78, 5) is 20.8. The van der Waals surface area contributed by atoms with Gasteiger partial charge in [-0.15, -0.1) is 11.3 Å². The number of carbonyl (C=O) groups is 1. The Balaban J connectivity index is 1.61. The molecule has 2 heterocycles. The van der Waals surface area contributed by atoms with Gasteiger partial charge in [-0.2, -0.15) is 0 Å². The number of anilines is 1. The first kappa shape index (κ1) is 18.8. The third-order valence-corrected chi connectivity index (χ3v) is 6.44. The summed E-state index contributed by atoms with van der Waals surface area (Å²) in [5.74, 6) is 0.703. The van der Waals surface area contributed by atoms with Crippen LogP contribution < -0.4 is 9.64 Å². The summed E-state index contributed by atoms with van der Waals surface area (Å²) in [6, 6.07) is 20.5. The quantitative estimate of drug-likeness (QED) is 0.419. The molecular formula is C25H22N2O2S. The Kier molecular flexibility index (Phi) is 4.55. The van der Waals surface area contributed by atoms with Crippen LogP contribution in [0.5, 0.6) is 5.75 Å². The first-order chi connectivity index (χ1) is 14.5. The number of rotatable bonds is 3. The molecule has 0 aliphatic carbocycles. The van der Waals surface area contributed by atoms with E-state index < -0.39 is 6.10 Å². The molecule has 1 atom stereocenters. The van der Waals surface area contributed by atoms with Crippen molar-refractivity contribution in [2.75, 3.05) is 4.90 Å². The molecule has 0 fully saturated rings. The highest BCUT2D eigenvalue weighted by molar-refractivity contribution is 7.11. The largest absolute Gasteiger partial charge is 0.479 e. The number of thiazole rings is 1. The molecule has 0 spiro atoms. The van der Waals surface area contributed by atoms with Crippen molar-refractivity contribution in [3.05, 3.63) is 76.1 Å². The minimum Gasteiger partial charge on any atom is -0.479 e. The second kappa shape index (κ2) is 7.26. The van der Waals surface area contributed by atoms with Crippen LogP contribution in [0.25, 0.3) is 22.0 Å². The third kappa shape index (κ3) is 3.15. The number of hydrogen-bond acceptors (Lipinski definition) is 4. The van der Waals surface area contributed by atoms with Crippen LogP contribution >= 0.6 is 11.3 Å². The van der Waals surface area contributed by atoms with Crippen LogP contribution in [0.2, 0.25) is 0 Å². The molecule has 1 aliphatic heterocycles. The summed E-state index contributed by atoms with van der Waals surface area (Å²) in [6.07, 6.45) is -0.512. The molecular weight excluding hydrogens is 392 g/mol. The lowest BCUT2D eigenvalue weighted by Gasteiger charge is -2.33. The number of amides is 1. The van der Waals surface area contributed by atoms with Gasteiger partial charge in [-0.3, -0.25) is 4.79 Å². The van der Waals surface area contributed by atoms with E-state index in [0.29, 0.717) is 6.54 Å². The number of nitrogens with zero attached hydrogens (tertiary/aromatic N) is 2. The number of aryl methyl sites for hydroxylation is 2. The smallest absolute Gasteiger partial charge is 0.268 e. The van der Waals surface area contributed by atoms with E-state index in [4.69, 9.17) is 4.74 Å². The zero-order valence-corrected chi connectivity index (χ0v) is 18.0. The Morgan fingerprint density at radius 3 is 2.67 bits per heavy atom. The molecule has 4 nitrogen and oxygen atoms in total. The number of aromatic nitrogens is 1. The van der Waals surface area contributed by atoms with E-state index in [9.17, 15) is 4.79 Å². The first-order valence-electron chi connectivity index (χ1n) is 10.0. The lowest BCUT2D eigenvalue weighted by Crippen LogP contribution is -2.44. The summed E-state index contributed by atoms with van der Waals surface area (Å²) < 4.78 is 5.92. The summed E-state index contributed by atoms with van der Waals surface area (Å²) in [6.45, 7) is 6.40. The highest BCUT2D eigenvalue weighted by atomic mass is 32.1. The first-order valence-corrected chi connectivity index (χ1v) is 10.9. The molecule has 0 saturated heterocycles. The molecule has 30 heavy (non-hydrogen) atoms. The molecule has 5 heteroatoms. The van der Waals surface area contributed by atoms with Crippen molar-refractivity contribution < 1.29 is 9.53 Å². The van der Waals surface area contributed by atoms with E-state index in [2.05, 4.69) is 36.2 Å². The van der Waals surface area contributed by atoms with Gasteiger partial charge in [0.15, 0.2) is 6.10 Å². The minimum atomic E-state index is -0.512. The number of ether oxygens (including phenoxy) is 1. The van der Waals surface area contributed by atoms with Crippen molar-refractivity contribution in [1.82, 2.24) is 4.98 Å². The maximum absolute atomic E-state index is 13.1. The lowest BCUT2D eigenvalue weighted by molar-refractivity contribution is -0.125. The van der Waals surface area contributed by atoms with Gasteiger partial charge < -0.3 is 9.64 Å². The number of carbonyl (C=O) groups excluding carboxylic acids is 1. The monoisotopic (exact) mass is 414 g/mol. The van der Waals surface area contributed by atoms with E-state index in [1.165, 1.54) is 10.3 Å². The van der Waals surface area contributed by atoms with Crippen molar-refractivity contribution >= 4 is 33.7 Å². The van der Waals surface area contributed by atoms with Gasteiger partial charge in [-0.1, -0.05) is 42.5 Å². The fourth-order valence-corrected chi connectivity index (χ4v) is 4.96. The standard InChI is InChI=1S/C25H22N2O2S/c1-15-25(28)27(14-20-9-6-8-18-7-4-5-10-21(18)20)22-13-19(11-12-23(22)29-15)24-16(2)30-17(3)26-24/h4-13,15H,14H2,1-3H3. The number of hydrogen-bond donors (Lipinski definition) is 0. The van der Waals surface area contributed by atoms with Crippen molar-refractivity contribution in [3.63, 3.8) is 0 Å². The Hall–Kier alpha value is -3.18. The molecule has 0 bridgehead atoms. The average molecular weight is 415 g/mol. The van der Waals surface area contributed by atoms with E-state index in [1.807, 2.05) is 55.1 Å². The van der Waals surface area contributed by atoms with Crippen molar-refractivity contribution in [2.45, 2.75) is 33.4 Å². The van der Waals surface area contributed by atoms with Crippen LogP contribution in [0.3, 0.4) is 0 Å². The van der Waals surface area contributed by atoms with Crippen molar-refractivity contribution in [2.24, 2.45) is 0 Å². The van der Waals surface area contributed by atoms with Gasteiger partial charge in [0.25, 0.3) is 5.91 Å². The average Bonchev–Trinajstić information content (AvgIpc) is 3.09.